The van der Waals surface area contributed by atoms with Crippen LogP contribution in [0.3, 0.4) is 0 Å². The maximum atomic E-state index is 13.6. The van der Waals surface area contributed by atoms with Gasteiger partial charge in [0.25, 0.3) is 0 Å². The number of halogens is 1. The number of hydrogen-bond donors (Lipinski definition) is 0. The fourth-order valence-corrected chi connectivity index (χ4v) is 5.52. The first-order valence-corrected chi connectivity index (χ1v) is 13.5. The smallest absolute Gasteiger partial charge is 0.233 e. The van der Waals surface area contributed by atoms with Crippen LogP contribution in [0, 0.1) is 26.6 Å². The third-order valence-electron chi connectivity index (χ3n) is 7.91. The fraction of sp³-hybridized carbons (Fsp3) is 0.273. The average Bonchev–Trinajstić information content (AvgIpc) is 3.40. The molecule has 0 atom stereocenters. The van der Waals surface area contributed by atoms with Gasteiger partial charge in [-0.2, -0.15) is 4.98 Å². The quantitative estimate of drug-likeness (QED) is 0.186. The number of aromatic nitrogens is 2. The first-order valence-electron chi connectivity index (χ1n) is 13.5. The third kappa shape index (κ3) is 4.45. The molecule has 1 aliphatic carbocycles. The summed E-state index contributed by atoms with van der Waals surface area (Å²) in [6.45, 7) is 7.55. The van der Waals surface area contributed by atoms with Gasteiger partial charge in [-0.25, -0.2) is 4.39 Å². The number of aryl methyl sites for hydroxylation is 3. The van der Waals surface area contributed by atoms with Crippen molar-refractivity contribution in [1.29, 1.82) is 0 Å². The van der Waals surface area contributed by atoms with Crippen molar-refractivity contribution < 1.29 is 22.9 Å². The Morgan fingerprint density at radius 3 is 2.30 bits per heavy atom. The summed E-state index contributed by atoms with van der Waals surface area (Å²) < 4.78 is 25.1. The highest BCUT2D eigenvalue weighted by Crippen LogP contribution is 2.51. The minimum absolute atomic E-state index is 0.0388. The zero-order chi connectivity index (χ0) is 28.2. The first-order chi connectivity index (χ1) is 19.2. The van der Waals surface area contributed by atoms with E-state index in [4.69, 9.17) is 8.94 Å². The summed E-state index contributed by atoms with van der Waals surface area (Å²) in [6, 6.07) is 15.7. The third-order valence-corrected chi connectivity index (χ3v) is 7.91. The van der Waals surface area contributed by atoms with Crippen LogP contribution in [0.15, 0.2) is 63.5 Å². The molecule has 3 aromatic carbocycles. The minimum Gasteiger partial charge on any atom is -0.455 e. The van der Waals surface area contributed by atoms with Gasteiger partial charge in [-0.1, -0.05) is 24.2 Å². The predicted octanol–water partition coefficient (Wildman–Crippen LogP) is 8.11. The summed E-state index contributed by atoms with van der Waals surface area (Å²) in [4.78, 5) is 31.1. The van der Waals surface area contributed by atoms with E-state index < -0.39 is 0 Å². The zero-order valence-electron chi connectivity index (χ0n) is 22.9. The SMILES string of the molecule is CCC(=O)c1c(-c2ccc(F)cc2)oc2ccc(-c3cc(C(=O)CC4(c5nc(C)no5)CC4)c(C)cc3C)cc12. The Bertz CT molecular complexity index is 1790. The molecule has 0 spiro atoms. The van der Waals surface area contributed by atoms with Crippen LogP contribution < -0.4 is 0 Å². The van der Waals surface area contributed by atoms with E-state index in [-0.39, 0.29) is 22.8 Å². The molecule has 5 aromatic rings. The van der Waals surface area contributed by atoms with E-state index in [9.17, 15) is 14.0 Å². The number of ketones is 2. The molecule has 0 aliphatic heterocycles. The van der Waals surface area contributed by atoms with Crippen molar-refractivity contribution >= 4 is 22.5 Å². The highest BCUT2D eigenvalue weighted by molar-refractivity contribution is 6.13. The van der Waals surface area contributed by atoms with Crippen LogP contribution in [-0.2, 0) is 5.41 Å². The number of benzene rings is 3. The van der Waals surface area contributed by atoms with Gasteiger partial charge in [0.05, 0.1) is 11.0 Å². The average molecular weight is 537 g/mol. The van der Waals surface area contributed by atoms with E-state index >= 15 is 0 Å². The second-order valence-corrected chi connectivity index (χ2v) is 10.8. The molecule has 1 aliphatic rings. The normalized spacial score (nSPS) is 14.0. The molecule has 1 saturated carbocycles. The lowest BCUT2D eigenvalue weighted by Crippen LogP contribution is -2.15. The van der Waals surface area contributed by atoms with Gasteiger partial charge in [-0.05, 0) is 98.3 Å². The molecule has 6 rings (SSSR count). The largest absolute Gasteiger partial charge is 0.455 e. The number of nitrogens with zero attached hydrogens (tertiary/aromatic N) is 2. The lowest BCUT2D eigenvalue weighted by molar-refractivity contribution is 0.0960. The minimum atomic E-state index is -0.377. The van der Waals surface area contributed by atoms with Gasteiger partial charge in [0.1, 0.15) is 17.2 Å². The molecule has 0 N–H and O–H groups in total. The maximum Gasteiger partial charge on any atom is 0.233 e. The molecule has 202 valence electrons. The predicted molar refractivity (Wildman–Crippen MR) is 150 cm³/mol. The molecular weight excluding hydrogens is 507 g/mol. The standard InChI is InChI=1S/C33H29FN2O4/c1-5-27(37)30-26-15-22(8-11-29(26)39-31(30)21-6-9-23(34)10-7-21)24-16-25(19(3)14-18(24)2)28(38)17-33(12-13-33)32-35-20(4)36-40-32/h6-11,14-16H,5,12-13,17H2,1-4H3. The van der Waals surface area contributed by atoms with E-state index in [1.807, 2.05) is 51.1 Å². The molecule has 2 aromatic heterocycles. The van der Waals surface area contributed by atoms with E-state index in [0.717, 1.165) is 35.1 Å². The first kappa shape index (κ1) is 25.9. The van der Waals surface area contributed by atoms with Crippen LogP contribution >= 0.6 is 0 Å². The van der Waals surface area contributed by atoms with Crippen molar-refractivity contribution in [3.63, 3.8) is 0 Å². The van der Waals surface area contributed by atoms with Gasteiger partial charge in [-0.15, -0.1) is 0 Å². The molecule has 1 fully saturated rings. The van der Waals surface area contributed by atoms with E-state index in [1.165, 1.54) is 12.1 Å². The fourth-order valence-electron chi connectivity index (χ4n) is 5.52. The molecule has 0 amide bonds. The van der Waals surface area contributed by atoms with Gasteiger partial charge in [0.2, 0.25) is 5.89 Å². The molecule has 0 bridgehead atoms. The van der Waals surface area contributed by atoms with Crippen molar-refractivity contribution in [2.45, 2.75) is 58.8 Å². The van der Waals surface area contributed by atoms with Crippen molar-refractivity contribution in [3.8, 4) is 22.5 Å². The molecule has 0 unspecified atom stereocenters. The Morgan fingerprint density at radius 2 is 1.65 bits per heavy atom. The van der Waals surface area contributed by atoms with Crippen LogP contribution in [0.2, 0.25) is 0 Å². The summed E-state index contributed by atoms with van der Waals surface area (Å²) >= 11 is 0. The number of rotatable bonds is 8. The molecule has 40 heavy (non-hydrogen) atoms. The van der Waals surface area contributed by atoms with Crippen molar-refractivity contribution in [2.75, 3.05) is 0 Å². The van der Waals surface area contributed by atoms with E-state index in [2.05, 4.69) is 10.1 Å². The van der Waals surface area contributed by atoms with Gasteiger partial charge < -0.3 is 8.94 Å². The Hall–Kier alpha value is -4.39. The number of carbonyl (C=O) groups excluding carboxylic acids is 2. The molecule has 2 heterocycles. The molecular formula is C33H29FN2O4. The number of hydrogen-bond acceptors (Lipinski definition) is 6. The second-order valence-electron chi connectivity index (χ2n) is 10.8. The molecule has 6 nitrogen and oxygen atoms in total. The molecule has 0 saturated heterocycles. The summed E-state index contributed by atoms with van der Waals surface area (Å²) in [5.74, 6) is 1.17. The number of Topliss-reactive ketones (excluding diaryl/α,β-unsaturated/α-hetero) is 2. The maximum absolute atomic E-state index is 13.6. The highest BCUT2D eigenvalue weighted by atomic mass is 19.1. The van der Waals surface area contributed by atoms with Crippen molar-refractivity contribution in [1.82, 2.24) is 10.1 Å². The van der Waals surface area contributed by atoms with Gasteiger partial charge in [0, 0.05) is 29.4 Å². The van der Waals surface area contributed by atoms with Gasteiger partial charge in [0.15, 0.2) is 17.4 Å². The lowest BCUT2D eigenvalue weighted by Gasteiger charge is -2.14. The second kappa shape index (κ2) is 9.66. The van der Waals surface area contributed by atoms with Crippen molar-refractivity contribution in [3.05, 3.63) is 94.4 Å². The Kier molecular flexibility index (Phi) is 6.25. The molecule has 7 heteroatoms. The van der Waals surface area contributed by atoms with Crippen LogP contribution in [0.4, 0.5) is 4.39 Å². The summed E-state index contributed by atoms with van der Waals surface area (Å²) in [6.07, 6.45) is 2.31. The van der Waals surface area contributed by atoms with Crippen LogP contribution in [0.5, 0.6) is 0 Å². The number of carbonyl (C=O) groups is 2. The summed E-state index contributed by atoms with van der Waals surface area (Å²) in [5.41, 5.74) is 5.70. The summed E-state index contributed by atoms with van der Waals surface area (Å²) in [5, 5.41) is 4.61. The Morgan fingerprint density at radius 1 is 0.925 bits per heavy atom. The van der Waals surface area contributed by atoms with Gasteiger partial charge in [-0.3, -0.25) is 9.59 Å². The Labute approximate surface area is 231 Å². The van der Waals surface area contributed by atoms with Gasteiger partial charge >= 0.3 is 0 Å². The number of fused-ring (bicyclic) bond motifs is 1. The topological polar surface area (TPSA) is 86.2 Å². The highest BCUT2D eigenvalue weighted by Gasteiger charge is 2.50. The monoisotopic (exact) mass is 536 g/mol. The number of furan rings is 1. The van der Waals surface area contributed by atoms with E-state index in [1.54, 1.807) is 19.1 Å². The Balaban J connectivity index is 1.41. The van der Waals surface area contributed by atoms with Crippen LogP contribution in [0.25, 0.3) is 33.4 Å². The molecule has 0 radical (unpaired) electrons. The van der Waals surface area contributed by atoms with Crippen LogP contribution in [-0.4, -0.2) is 21.7 Å². The van der Waals surface area contributed by atoms with E-state index in [0.29, 0.717) is 58.0 Å². The van der Waals surface area contributed by atoms with Crippen molar-refractivity contribution in [2.24, 2.45) is 0 Å². The lowest BCUT2D eigenvalue weighted by atomic mass is 9.88. The summed E-state index contributed by atoms with van der Waals surface area (Å²) in [7, 11) is 0. The zero-order valence-corrected chi connectivity index (χ0v) is 22.9. The van der Waals surface area contributed by atoms with Crippen LogP contribution in [0.1, 0.15) is 76.2 Å².